The first-order valence-electron chi connectivity index (χ1n) is 8.63. The van der Waals surface area contributed by atoms with Crippen molar-refractivity contribution in [1.82, 2.24) is 9.88 Å². The second-order valence-electron chi connectivity index (χ2n) is 6.82. The van der Waals surface area contributed by atoms with Crippen LogP contribution < -0.4 is 4.74 Å². The van der Waals surface area contributed by atoms with Crippen LogP contribution >= 0.6 is 0 Å². The predicted molar refractivity (Wildman–Crippen MR) is 91.6 cm³/mol. The van der Waals surface area contributed by atoms with Crippen LogP contribution in [0.25, 0.3) is 0 Å². The molecule has 0 spiro atoms. The average molecular weight is 308 g/mol. The number of benzene rings is 1. The summed E-state index contributed by atoms with van der Waals surface area (Å²) in [6, 6.07) is 16.4. The average Bonchev–Trinajstić information content (AvgIpc) is 2.93. The summed E-state index contributed by atoms with van der Waals surface area (Å²) in [5, 5.41) is 0. The minimum absolute atomic E-state index is 0.685. The zero-order chi connectivity index (χ0) is 15.6. The van der Waals surface area contributed by atoms with Gasteiger partial charge in [-0.2, -0.15) is 0 Å². The quantitative estimate of drug-likeness (QED) is 0.853. The summed E-state index contributed by atoms with van der Waals surface area (Å²) in [5.41, 5.74) is 2.67. The van der Waals surface area contributed by atoms with Crippen LogP contribution in [0.15, 0.2) is 48.7 Å². The van der Waals surface area contributed by atoms with Gasteiger partial charge in [-0.25, -0.2) is 0 Å². The molecule has 5 rings (SSSR count). The van der Waals surface area contributed by atoms with Crippen LogP contribution in [0.1, 0.15) is 42.9 Å². The third kappa shape index (κ3) is 2.98. The van der Waals surface area contributed by atoms with Gasteiger partial charge in [0.1, 0.15) is 5.75 Å². The fourth-order valence-electron chi connectivity index (χ4n) is 4.22. The maximum Gasteiger partial charge on any atom is 0.118 e. The van der Waals surface area contributed by atoms with Crippen molar-refractivity contribution in [2.45, 2.75) is 50.2 Å². The van der Waals surface area contributed by atoms with Crippen LogP contribution in [0.4, 0.5) is 0 Å². The fraction of sp³-hybridized carbons (Fsp3) is 0.450. The molecule has 0 radical (unpaired) electrons. The number of nitrogens with zero attached hydrogens (tertiary/aromatic N) is 2. The van der Waals surface area contributed by atoms with Crippen molar-refractivity contribution in [2.75, 3.05) is 7.11 Å². The van der Waals surface area contributed by atoms with Crippen molar-refractivity contribution in [3.8, 4) is 5.75 Å². The van der Waals surface area contributed by atoms with Crippen molar-refractivity contribution < 1.29 is 4.74 Å². The van der Waals surface area contributed by atoms with Crippen LogP contribution in [0.5, 0.6) is 5.75 Å². The molecule has 3 unspecified atom stereocenters. The Morgan fingerprint density at radius 1 is 1.04 bits per heavy atom. The lowest BCUT2D eigenvalue weighted by Crippen LogP contribution is -2.53. The Kier molecular flexibility index (Phi) is 4.04. The Bertz CT molecular complexity index is 640. The van der Waals surface area contributed by atoms with E-state index in [9.17, 15) is 0 Å². The molecule has 23 heavy (non-hydrogen) atoms. The predicted octanol–water partition coefficient (Wildman–Crippen LogP) is 4.00. The molecule has 1 aromatic heterocycles. The molecule has 3 atom stereocenters. The van der Waals surface area contributed by atoms with Gasteiger partial charge in [0.2, 0.25) is 0 Å². The van der Waals surface area contributed by atoms with Gasteiger partial charge in [0, 0.05) is 24.8 Å². The van der Waals surface area contributed by atoms with E-state index in [0.717, 1.165) is 24.4 Å². The summed E-state index contributed by atoms with van der Waals surface area (Å²) in [5.74, 6) is 1.63. The smallest absolute Gasteiger partial charge is 0.118 e. The number of rotatable bonds is 4. The van der Waals surface area contributed by atoms with E-state index in [-0.39, 0.29) is 0 Å². The van der Waals surface area contributed by atoms with Gasteiger partial charge in [-0.3, -0.25) is 9.88 Å². The second-order valence-corrected chi connectivity index (χ2v) is 6.82. The molecule has 2 bridgehead atoms. The van der Waals surface area contributed by atoms with E-state index >= 15 is 0 Å². The zero-order valence-corrected chi connectivity index (χ0v) is 13.7. The number of hydrogen-bond acceptors (Lipinski definition) is 3. The minimum Gasteiger partial charge on any atom is -0.497 e. The first-order valence-corrected chi connectivity index (χ1v) is 8.63. The van der Waals surface area contributed by atoms with Gasteiger partial charge in [0.15, 0.2) is 0 Å². The van der Waals surface area contributed by atoms with Gasteiger partial charge in [-0.15, -0.1) is 0 Å². The maximum atomic E-state index is 5.28. The van der Waals surface area contributed by atoms with Gasteiger partial charge >= 0.3 is 0 Å². The molecule has 2 aromatic rings. The number of methoxy groups -OCH3 is 1. The van der Waals surface area contributed by atoms with Crippen LogP contribution in [-0.2, 0) is 6.54 Å². The molecule has 1 aromatic carbocycles. The molecule has 1 saturated carbocycles. The lowest BCUT2D eigenvalue weighted by atomic mass is 9.88. The van der Waals surface area contributed by atoms with E-state index < -0.39 is 0 Å². The van der Waals surface area contributed by atoms with Crippen LogP contribution in [0, 0.1) is 0 Å². The van der Waals surface area contributed by atoms with Gasteiger partial charge in [-0.05, 0) is 61.4 Å². The number of pyridine rings is 1. The first kappa shape index (κ1) is 14.7. The van der Waals surface area contributed by atoms with Gasteiger partial charge in [-0.1, -0.05) is 18.2 Å². The van der Waals surface area contributed by atoms with Gasteiger partial charge < -0.3 is 4.74 Å². The molecule has 120 valence electrons. The summed E-state index contributed by atoms with van der Waals surface area (Å²) in [7, 11) is 1.73. The Hall–Kier alpha value is -1.87. The highest BCUT2D eigenvalue weighted by Gasteiger charge is 2.42. The summed E-state index contributed by atoms with van der Waals surface area (Å²) < 4.78 is 5.28. The topological polar surface area (TPSA) is 25.4 Å². The lowest BCUT2D eigenvalue weighted by molar-refractivity contribution is 0.00930. The summed E-state index contributed by atoms with van der Waals surface area (Å²) in [4.78, 5) is 7.17. The first-order chi connectivity index (χ1) is 11.3. The third-order valence-corrected chi connectivity index (χ3v) is 5.55. The van der Waals surface area contributed by atoms with Crippen LogP contribution in [0.2, 0.25) is 0 Å². The van der Waals surface area contributed by atoms with E-state index in [1.165, 1.54) is 36.9 Å². The van der Waals surface area contributed by atoms with Crippen LogP contribution in [0.3, 0.4) is 0 Å². The summed E-state index contributed by atoms with van der Waals surface area (Å²) in [6.45, 7) is 1.01. The molecule has 0 N–H and O–H groups in total. The maximum absolute atomic E-state index is 5.28. The van der Waals surface area contributed by atoms with Crippen molar-refractivity contribution >= 4 is 0 Å². The number of ether oxygens (including phenoxy) is 1. The molecule has 3 aliphatic rings. The van der Waals surface area contributed by atoms with Gasteiger partial charge in [0.05, 0.1) is 12.8 Å². The molecule has 3 heterocycles. The monoisotopic (exact) mass is 308 g/mol. The van der Waals surface area contributed by atoms with Gasteiger partial charge in [0.25, 0.3) is 0 Å². The van der Waals surface area contributed by atoms with Crippen molar-refractivity contribution in [3.63, 3.8) is 0 Å². The number of aromatic nitrogens is 1. The normalized spacial score (nSPS) is 27.1. The lowest BCUT2D eigenvalue weighted by Gasteiger charge is -2.47. The molecule has 1 aliphatic carbocycles. The highest BCUT2D eigenvalue weighted by molar-refractivity contribution is 5.30. The second kappa shape index (κ2) is 6.32. The SMILES string of the molecule is COc1ccc(C2CCC3CC(C2)N3Cc2ccccn2)cc1. The molecule has 2 saturated heterocycles. The van der Waals surface area contributed by atoms with Crippen molar-refractivity contribution in [3.05, 3.63) is 59.9 Å². The highest BCUT2D eigenvalue weighted by Crippen LogP contribution is 2.43. The van der Waals surface area contributed by atoms with E-state index in [0.29, 0.717) is 5.92 Å². The molecule has 3 heteroatoms. The number of fused-ring (bicyclic) bond motifs is 3. The van der Waals surface area contributed by atoms with E-state index in [1.807, 2.05) is 12.3 Å². The van der Waals surface area contributed by atoms with Crippen LogP contribution in [-0.4, -0.2) is 29.1 Å². The van der Waals surface area contributed by atoms with E-state index in [4.69, 9.17) is 4.74 Å². The van der Waals surface area contributed by atoms with Crippen molar-refractivity contribution in [2.24, 2.45) is 0 Å². The standard InChI is InChI=1S/C20H24N2O/c1-23-20-9-6-15(7-10-20)16-5-8-18-13-19(12-16)22(18)14-17-4-2-3-11-21-17/h2-4,6-7,9-11,16,18-19H,5,8,12-14H2,1H3. The highest BCUT2D eigenvalue weighted by atomic mass is 16.5. The zero-order valence-electron chi connectivity index (χ0n) is 13.7. The molecular formula is C20H24N2O. The Balaban J connectivity index is 1.45. The molecule has 3 fully saturated rings. The summed E-state index contributed by atoms with van der Waals surface area (Å²) in [6.07, 6.45) is 7.14. The third-order valence-electron chi connectivity index (χ3n) is 5.55. The summed E-state index contributed by atoms with van der Waals surface area (Å²) >= 11 is 0. The Morgan fingerprint density at radius 2 is 1.91 bits per heavy atom. The fourth-order valence-corrected chi connectivity index (χ4v) is 4.22. The molecule has 0 amide bonds. The van der Waals surface area contributed by atoms with Crippen molar-refractivity contribution in [1.29, 1.82) is 0 Å². The molecular weight excluding hydrogens is 284 g/mol. The van der Waals surface area contributed by atoms with E-state index in [2.05, 4.69) is 46.3 Å². The van der Waals surface area contributed by atoms with E-state index in [1.54, 1.807) is 7.11 Å². The molecule has 3 nitrogen and oxygen atoms in total. The molecule has 2 aliphatic heterocycles. The minimum atomic E-state index is 0.685. The largest absolute Gasteiger partial charge is 0.497 e. The Labute approximate surface area is 138 Å². The Morgan fingerprint density at radius 3 is 2.65 bits per heavy atom. The number of hydrogen-bond donors (Lipinski definition) is 0.